The molecule has 2 heterocycles. The fourth-order valence-corrected chi connectivity index (χ4v) is 5.54. The van der Waals surface area contributed by atoms with Gasteiger partial charge >= 0.3 is 0 Å². The van der Waals surface area contributed by atoms with Crippen LogP contribution in [-0.4, -0.2) is 54.1 Å². The molecular formula is C30H31ClF2N2O5. The number of methoxy groups -OCH3 is 1. The molecule has 5 rings (SSSR count). The first kappa shape index (κ1) is 28.1. The van der Waals surface area contributed by atoms with E-state index >= 15 is 4.39 Å². The Morgan fingerprint density at radius 1 is 1.02 bits per heavy atom. The van der Waals surface area contributed by atoms with Gasteiger partial charge in [-0.15, -0.1) is 0 Å². The summed E-state index contributed by atoms with van der Waals surface area (Å²) < 4.78 is 40.9. The molecule has 7 nitrogen and oxygen atoms in total. The number of piperidine rings is 1. The molecule has 40 heavy (non-hydrogen) atoms. The number of amides is 1. The van der Waals surface area contributed by atoms with Gasteiger partial charge in [-0.05, 0) is 67.8 Å². The number of halogens is 3. The maximum Gasteiger partial charge on any atom is 0.227 e. The average molecular weight is 573 g/mol. The molecule has 212 valence electrons. The Hall–Kier alpha value is -3.40. The number of carbonyl (C=O) groups excluding carboxylic acids is 1. The van der Waals surface area contributed by atoms with Crippen LogP contribution in [-0.2, 0) is 17.8 Å². The molecule has 2 aliphatic heterocycles. The molecule has 0 aromatic heterocycles. The summed E-state index contributed by atoms with van der Waals surface area (Å²) in [7, 11) is 1.56. The summed E-state index contributed by atoms with van der Waals surface area (Å²) in [6.07, 6.45) is 0.541. The van der Waals surface area contributed by atoms with E-state index in [1.165, 1.54) is 30.0 Å². The van der Waals surface area contributed by atoms with Crippen LogP contribution in [0.3, 0.4) is 0 Å². The predicted octanol–water partition coefficient (Wildman–Crippen LogP) is 4.88. The van der Waals surface area contributed by atoms with Crippen molar-refractivity contribution in [3.05, 3.63) is 82.4 Å². The second kappa shape index (κ2) is 10.9. The highest BCUT2D eigenvalue weighted by molar-refractivity contribution is 6.30. The smallest absolute Gasteiger partial charge is 0.227 e. The summed E-state index contributed by atoms with van der Waals surface area (Å²) in [5.41, 5.74) is -1.56. The normalized spacial score (nSPS) is 22.7. The summed E-state index contributed by atoms with van der Waals surface area (Å²) in [5, 5.41) is 23.0. The van der Waals surface area contributed by atoms with Crippen molar-refractivity contribution < 1.29 is 33.3 Å². The number of hydrogen-bond donors (Lipinski definition) is 2. The molecule has 2 unspecified atom stereocenters. The number of anilines is 2. The van der Waals surface area contributed by atoms with E-state index in [4.69, 9.17) is 21.1 Å². The number of carbonyl (C=O) groups is 1. The second-order valence-corrected chi connectivity index (χ2v) is 11.0. The molecule has 0 saturated carbocycles. The molecule has 0 aliphatic carbocycles. The van der Waals surface area contributed by atoms with Crippen LogP contribution in [0.1, 0.15) is 30.9 Å². The molecular weight excluding hydrogens is 542 g/mol. The van der Waals surface area contributed by atoms with Crippen molar-refractivity contribution in [3.63, 3.8) is 0 Å². The molecule has 1 amide bonds. The van der Waals surface area contributed by atoms with Gasteiger partial charge in [0.05, 0.1) is 25.0 Å². The number of rotatable bonds is 7. The van der Waals surface area contributed by atoms with E-state index in [1.54, 1.807) is 36.3 Å². The van der Waals surface area contributed by atoms with E-state index in [1.807, 2.05) is 12.1 Å². The van der Waals surface area contributed by atoms with E-state index in [-0.39, 0.29) is 67.8 Å². The highest BCUT2D eigenvalue weighted by atomic mass is 35.5. The zero-order chi connectivity index (χ0) is 28.7. The van der Waals surface area contributed by atoms with Crippen LogP contribution in [0, 0.1) is 11.6 Å². The first-order chi connectivity index (χ1) is 19.0. The van der Waals surface area contributed by atoms with Crippen molar-refractivity contribution in [1.29, 1.82) is 0 Å². The minimum Gasteiger partial charge on any atom is -0.497 e. The summed E-state index contributed by atoms with van der Waals surface area (Å²) >= 11 is 5.87. The van der Waals surface area contributed by atoms with Crippen molar-refractivity contribution in [2.24, 2.45) is 0 Å². The first-order valence-electron chi connectivity index (χ1n) is 13.0. The third-order valence-electron chi connectivity index (χ3n) is 7.86. The number of benzene rings is 3. The van der Waals surface area contributed by atoms with Gasteiger partial charge in [0.15, 0.2) is 0 Å². The number of nitrogens with zero attached hydrogens (tertiary/aromatic N) is 2. The van der Waals surface area contributed by atoms with Gasteiger partial charge in [0, 0.05) is 30.1 Å². The fraction of sp³-hybridized carbons (Fsp3) is 0.367. The third-order valence-corrected chi connectivity index (χ3v) is 8.10. The SMILES string of the molecule is COc1ccc(CN2C(=O)CCc3c(OCC4(O)CCN(c5ccc(Cl)cc5F)CC4(C)O)ccc(F)c32)cc1. The Morgan fingerprint density at radius 3 is 2.45 bits per heavy atom. The second-order valence-electron chi connectivity index (χ2n) is 10.6. The molecule has 3 aromatic rings. The maximum absolute atomic E-state index is 15.1. The van der Waals surface area contributed by atoms with E-state index in [0.717, 1.165) is 5.56 Å². The minimum atomic E-state index is -1.67. The lowest BCUT2D eigenvalue weighted by molar-refractivity contribution is -0.166. The topological polar surface area (TPSA) is 82.5 Å². The van der Waals surface area contributed by atoms with E-state index in [0.29, 0.717) is 17.1 Å². The third kappa shape index (κ3) is 5.33. The molecule has 0 spiro atoms. The Balaban J connectivity index is 1.35. The van der Waals surface area contributed by atoms with Crippen molar-refractivity contribution >= 4 is 28.9 Å². The van der Waals surface area contributed by atoms with Gasteiger partial charge in [0.25, 0.3) is 0 Å². The minimum absolute atomic E-state index is 0.0446. The van der Waals surface area contributed by atoms with Gasteiger partial charge in [0.1, 0.15) is 40.9 Å². The van der Waals surface area contributed by atoms with E-state index in [2.05, 4.69) is 0 Å². The average Bonchev–Trinajstić information content (AvgIpc) is 2.92. The van der Waals surface area contributed by atoms with Crippen LogP contribution in [0.15, 0.2) is 54.6 Å². The van der Waals surface area contributed by atoms with Gasteiger partial charge in [-0.1, -0.05) is 23.7 Å². The van der Waals surface area contributed by atoms with Gasteiger partial charge in [-0.25, -0.2) is 8.78 Å². The number of ether oxygens (including phenoxy) is 2. The van der Waals surface area contributed by atoms with Crippen LogP contribution in [0.5, 0.6) is 11.5 Å². The van der Waals surface area contributed by atoms with Gasteiger partial charge in [-0.2, -0.15) is 0 Å². The van der Waals surface area contributed by atoms with E-state index < -0.39 is 22.8 Å². The number of aliphatic hydroxyl groups is 2. The Kier molecular flexibility index (Phi) is 7.65. The van der Waals surface area contributed by atoms with Gasteiger partial charge < -0.3 is 29.5 Å². The molecule has 1 fully saturated rings. The lowest BCUT2D eigenvalue weighted by Gasteiger charge is -2.49. The monoisotopic (exact) mass is 572 g/mol. The predicted molar refractivity (Wildman–Crippen MR) is 148 cm³/mol. The van der Waals surface area contributed by atoms with Crippen LogP contribution in [0.25, 0.3) is 0 Å². The molecule has 2 N–H and O–H groups in total. The molecule has 0 radical (unpaired) electrons. The van der Waals surface area contributed by atoms with Crippen molar-refractivity contribution in [1.82, 2.24) is 0 Å². The molecule has 2 atom stereocenters. The van der Waals surface area contributed by atoms with E-state index in [9.17, 15) is 19.4 Å². The Morgan fingerprint density at radius 2 is 1.77 bits per heavy atom. The first-order valence-corrected chi connectivity index (χ1v) is 13.4. The molecule has 1 saturated heterocycles. The molecule has 3 aromatic carbocycles. The summed E-state index contributed by atoms with van der Waals surface area (Å²) in [6.45, 7) is 1.59. The molecule has 10 heteroatoms. The van der Waals surface area contributed by atoms with Crippen LogP contribution in [0.2, 0.25) is 5.02 Å². The lowest BCUT2D eigenvalue weighted by Crippen LogP contribution is -2.66. The van der Waals surface area contributed by atoms with Gasteiger partial charge in [0.2, 0.25) is 5.91 Å². The number of fused-ring (bicyclic) bond motifs is 1. The quantitative estimate of drug-likeness (QED) is 0.420. The lowest BCUT2D eigenvalue weighted by atomic mass is 9.78. The van der Waals surface area contributed by atoms with Crippen molar-refractivity contribution in [2.75, 3.05) is 36.6 Å². The van der Waals surface area contributed by atoms with Crippen molar-refractivity contribution in [3.8, 4) is 11.5 Å². The zero-order valence-corrected chi connectivity index (χ0v) is 23.0. The summed E-state index contributed by atoms with van der Waals surface area (Å²) in [4.78, 5) is 15.9. The van der Waals surface area contributed by atoms with Crippen LogP contribution in [0.4, 0.5) is 20.2 Å². The maximum atomic E-state index is 15.1. The molecule has 2 aliphatic rings. The summed E-state index contributed by atoms with van der Waals surface area (Å²) in [6, 6.07) is 14.2. The Labute approximate surface area is 236 Å². The highest BCUT2D eigenvalue weighted by Gasteiger charge is 2.51. The zero-order valence-electron chi connectivity index (χ0n) is 22.3. The van der Waals surface area contributed by atoms with Crippen LogP contribution >= 0.6 is 11.6 Å². The largest absolute Gasteiger partial charge is 0.497 e. The summed E-state index contributed by atoms with van der Waals surface area (Å²) in [5.74, 6) is -0.264. The van der Waals surface area contributed by atoms with Crippen molar-refractivity contribution in [2.45, 2.75) is 43.9 Å². The number of hydrogen-bond acceptors (Lipinski definition) is 6. The standard InChI is InChI=1S/C30H31ClF2N2O5/c1-29(37)17-34(25-10-5-20(31)15-24(25)33)14-13-30(29,38)18-40-26-11-9-23(32)28-22(26)8-12-27(36)35(28)16-19-3-6-21(39-2)7-4-19/h3-7,9-11,15,37-38H,8,12-14,16-18H2,1-2H3. The fourth-order valence-electron chi connectivity index (χ4n) is 5.39. The Bertz CT molecular complexity index is 1420. The molecule has 0 bridgehead atoms. The van der Waals surface area contributed by atoms with Gasteiger partial charge in [-0.3, -0.25) is 4.79 Å². The highest BCUT2D eigenvalue weighted by Crippen LogP contribution is 2.40. The van der Waals surface area contributed by atoms with Crippen LogP contribution < -0.4 is 19.3 Å². The number of β-amino-alcohol motifs (C(OH)–C–C–N with tert-alkyl or cyclic N) is 1.